The van der Waals surface area contributed by atoms with E-state index < -0.39 is 5.60 Å². The molecule has 2 bridgehead atoms. The summed E-state index contributed by atoms with van der Waals surface area (Å²) in [5.41, 5.74) is -0.986. The first-order valence-corrected chi connectivity index (χ1v) is 4.30. The molecule has 1 N–H and O–H groups in total. The highest BCUT2D eigenvalue weighted by atomic mass is 16.3. The number of Topliss-reactive ketones (excluding diaryl/α,β-unsaturated/α-hetero) is 1. The molecule has 0 aromatic heterocycles. The van der Waals surface area contributed by atoms with E-state index in [-0.39, 0.29) is 24.0 Å². The van der Waals surface area contributed by atoms with Gasteiger partial charge in [-0.1, -0.05) is 0 Å². The summed E-state index contributed by atoms with van der Waals surface area (Å²) in [6.45, 7) is 0. The zero-order valence-electron chi connectivity index (χ0n) is 6.79. The van der Waals surface area contributed by atoms with Gasteiger partial charge in [0.2, 0.25) is 0 Å². The van der Waals surface area contributed by atoms with Crippen LogP contribution in [0.5, 0.6) is 0 Å². The zero-order chi connectivity index (χ0) is 8.77. The van der Waals surface area contributed by atoms with Crippen LogP contribution in [0.4, 0.5) is 0 Å². The Kier molecular flexibility index (Phi) is 1.49. The van der Waals surface area contributed by atoms with Crippen molar-refractivity contribution in [2.45, 2.75) is 31.3 Å². The second-order valence-electron chi connectivity index (χ2n) is 3.90. The summed E-state index contributed by atoms with van der Waals surface area (Å²) in [5, 5.41) is 18.6. The molecule has 0 heterocycles. The van der Waals surface area contributed by atoms with Crippen LogP contribution in [0.3, 0.4) is 0 Å². The number of fused-ring (bicyclic) bond motifs is 3. The first kappa shape index (κ1) is 7.75. The van der Waals surface area contributed by atoms with Gasteiger partial charge in [-0.25, -0.2) is 0 Å². The molecule has 3 fully saturated rings. The van der Waals surface area contributed by atoms with Crippen LogP contribution in [0.1, 0.15) is 25.7 Å². The molecule has 3 aliphatic carbocycles. The topological polar surface area (TPSA) is 61.1 Å². The van der Waals surface area contributed by atoms with Crippen LogP contribution in [-0.2, 0) is 4.79 Å². The SMILES string of the molecule is N#C[C@H]1C[C@H]2CC[C@]1(O)CC2=O. The molecule has 3 rings (SSSR count). The Labute approximate surface area is 71.0 Å². The summed E-state index contributed by atoms with van der Waals surface area (Å²) in [6, 6.07) is 2.09. The predicted molar refractivity (Wildman–Crippen MR) is 41.0 cm³/mol. The lowest BCUT2D eigenvalue weighted by atomic mass is 9.61. The van der Waals surface area contributed by atoms with E-state index in [0.29, 0.717) is 12.8 Å². The Hall–Kier alpha value is -0.880. The summed E-state index contributed by atoms with van der Waals surface area (Å²) < 4.78 is 0. The van der Waals surface area contributed by atoms with E-state index in [2.05, 4.69) is 6.07 Å². The molecular weight excluding hydrogens is 154 g/mol. The van der Waals surface area contributed by atoms with Gasteiger partial charge in [0.15, 0.2) is 0 Å². The lowest BCUT2D eigenvalue weighted by Crippen LogP contribution is -2.51. The van der Waals surface area contributed by atoms with Crippen LogP contribution in [0, 0.1) is 23.2 Å². The molecule has 3 saturated carbocycles. The van der Waals surface area contributed by atoms with Gasteiger partial charge in [0.25, 0.3) is 0 Å². The minimum Gasteiger partial charge on any atom is -0.388 e. The van der Waals surface area contributed by atoms with Crippen LogP contribution in [-0.4, -0.2) is 16.5 Å². The number of hydrogen-bond donors (Lipinski definition) is 1. The van der Waals surface area contributed by atoms with Gasteiger partial charge in [-0.05, 0) is 19.3 Å². The molecule has 0 aromatic rings. The van der Waals surface area contributed by atoms with Crippen molar-refractivity contribution in [2.75, 3.05) is 0 Å². The van der Waals surface area contributed by atoms with Crippen molar-refractivity contribution in [2.24, 2.45) is 11.8 Å². The van der Waals surface area contributed by atoms with Crippen molar-refractivity contribution in [3.63, 3.8) is 0 Å². The number of hydrogen-bond acceptors (Lipinski definition) is 3. The molecule has 3 atom stereocenters. The molecule has 3 nitrogen and oxygen atoms in total. The molecule has 0 radical (unpaired) electrons. The van der Waals surface area contributed by atoms with Crippen molar-refractivity contribution in [3.05, 3.63) is 0 Å². The lowest BCUT2D eigenvalue weighted by Gasteiger charge is -2.44. The molecule has 64 valence electrons. The van der Waals surface area contributed by atoms with Gasteiger partial charge in [-0.3, -0.25) is 4.79 Å². The number of carbonyl (C=O) groups is 1. The van der Waals surface area contributed by atoms with Gasteiger partial charge in [0, 0.05) is 12.3 Å². The minimum atomic E-state index is -0.986. The van der Waals surface area contributed by atoms with Crippen molar-refractivity contribution in [1.82, 2.24) is 0 Å². The molecule has 0 aliphatic heterocycles. The maximum absolute atomic E-state index is 11.3. The molecule has 0 unspecified atom stereocenters. The van der Waals surface area contributed by atoms with Crippen molar-refractivity contribution < 1.29 is 9.90 Å². The lowest BCUT2D eigenvalue weighted by molar-refractivity contribution is -0.146. The fraction of sp³-hybridized carbons (Fsp3) is 0.778. The maximum atomic E-state index is 11.3. The second kappa shape index (κ2) is 2.30. The second-order valence-corrected chi connectivity index (χ2v) is 3.90. The smallest absolute Gasteiger partial charge is 0.138 e. The quantitative estimate of drug-likeness (QED) is 0.572. The number of aliphatic hydroxyl groups is 1. The van der Waals surface area contributed by atoms with E-state index in [0.717, 1.165) is 6.42 Å². The summed E-state index contributed by atoms with van der Waals surface area (Å²) in [7, 11) is 0. The summed E-state index contributed by atoms with van der Waals surface area (Å²) in [6.07, 6.45) is 2.18. The standard InChI is InChI=1S/C9H11NO2/c10-5-7-3-6-1-2-9(7,12)4-8(6)11/h6-7,12H,1-4H2/t6-,7-,9+/m1/s1. The normalized spacial score (nSPS) is 45.8. The first-order chi connectivity index (χ1) is 5.65. The van der Waals surface area contributed by atoms with E-state index in [1.165, 1.54) is 0 Å². The molecular formula is C9H11NO2. The van der Waals surface area contributed by atoms with Crippen molar-refractivity contribution in [1.29, 1.82) is 5.26 Å². The Balaban J connectivity index is 2.29. The van der Waals surface area contributed by atoms with Crippen molar-refractivity contribution in [3.8, 4) is 6.07 Å². The summed E-state index contributed by atoms with van der Waals surface area (Å²) in [4.78, 5) is 11.3. The highest BCUT2D eigenvalue weighted by molar-refractivity contribution is 5.84. The molecule has 0 spiro atoms. The fourth-order valence-corrected chi connectivity index (χ4v) is 2.34. The monoisotopic (exact) mass is 165 g/mol. The van der Waals surface area contributed by atoms with E-state index in [1.54, 1.807) is 0 Å². The number of rotatable bonds is 0. The van der Waals surface area contributed by atoms with Gasteiger partial charge in [-0.2, -0.15) is 5.26 Å². The average molecular weight is 165 g/mol. The third-order valence-electron chi connectivity index (χ3n) is 3.19. The first-order valence-electron chi connectivity index (χ1n) is 4.30. The molecule has 12 heavy (non-hydrogen) atoms. The van der Waals surface area contributed by atoms with E-state index in [1.807, 2.05) is 0 Å². The Morgan fingerprint density at radius 1 is 1.67 bits per heavy atom. The van der Waals surface area contributed by atoms with Crippen LogP contribution in [0.25, 0.3) is 0 Å². The van der Waals surface area contributed by atoms with Gasteiger partial charge in [0.1, 0.15) is 5.78 Å². The van der Waals surface area contributed by atoms with Crippen LogP contribution in [0.15, 0.2) is 0 Å². The molecule has 3 aliphatic rings. The van der Waals surface area contributed by atoms with Gasteiger partial charge < -0.3 is 5.11 Å². The molecule has 3 heteroatoms. The Morgan fingerprint density at radius 2 is 2.42 bits per heavy atom. The number of carbonyl (C=O) groups excluding carboxylic acids is 1. The third-order valence-corrected chi connectivity index (χ3v) is 3.19. The molecule has 0 aromatic carbocycles. The van der Waals surface area contributed by atoms with Crippen molar-refractivity contribution >= 4 is 5.78 Å². The maximum Gasteiger partial charge on any atom is 0.138 e. The Morgan fingerprint density at radius 3 is 2.92 bits per heavy atom. The average Bonchev–Trinajstić information content (AvgIpc) is 2.03. The summed E-state index contributed by atoms with van der Waals surface area (Å²) >= 11 is 0. The van der Waals surface area contributed by atoms with E-state index in [4.69, 9.17) is 5.26 Å². The number of nitrogens with zero attached hydrogens (tertiary/aromatic N) is 1. The summed E-state index contributed by atoms with van der Waals surface area (Å²) in [5.74, 6) is -0.104. The fourth-order valence-electron chi connectivity index (χ4n) is 2.34. The number of nitriles is 1. The highest BCUT2D eigenvalue weighted by Crippen LogP contribution is 2.45. The minimum absolute atomic E-state index is 0.0590. The van der Waals surface area contributed by atoms with E-state index >= 15 is 0 Å². The number of ketones is 1. The Bertz CT molecular complexity index is 268. The highest BCUT2D eigenvalue weighted by Gasteiger charge is 2.50. The third kappa shape index (κ3) is 0.881. The van der Waals surface area contributed by atoms with Gasteiger partial charge >= 0.3 is 0 Å². The van der Waals surface area contributed by atoms with Gasteiger partial charge in [-0.15, -0.1) is 0 Å². The van der Waals surface area contributed by atoms with Gasteiger partial charge in [0.05, 0.1) is 17.6 Å². The van der Waals surface area contributed by atoms with Crippen LogP contribution in [0.2, 0.25) is 0 Å². The zero-order valence-corrected chi connectivity index (χ0v) is 6.79. The van der Waals surface area contributed by atoms with E-state index in [9.17, 15) is 9.90 Å². The molecule has 0 saturated heterocycles. The van der Waals surface area contributed by atoms with Crippen LogP contribution < -0.4 is 0 Å². The largest absolute Gasteiger partial charge is 0.388 e. The predicted octanol–water partition coefficient (Wildman–Crippen LogP) is 0.630. The van der Waals surface area contributed by atoms with Crippen LogP contribution >= 0.6 is 0 Å². The molecule has 0 amide bonds.